The van der Waals surface area contributed by atoms with Crippen LogP contribution in [0.15, 0.2) is 0 Å². The maximum atomic E-state index is 10.00. The van der Waals surface area contributed by atoms with Gasteiger partial charge in [-0.3, -0.25) is 0 Å². The Morgan fingerprint density at radius 3 is 2.00 bits per heavy atom. The maximum Gasteiger partial charge on any atom is 0.219 e. The summed E-state index contributed by atoms with van der Waals surface area (Å²) in [5, 5.41) is 76.5. The highest BCUT2D eigenvalue weighted by molar-refractivity contribution is 4.98. The molecule has 0 radical (unpaired) electrons. The molecule has 0 saturated carbocycles. The van der Waals surface area contributed by atoms with Crippen LogP contribution in [0.3, 0.4) is 0 Å². The van der Waals surface area contributed by atoms with Gasteiger partial charge in [0.15, 0.2) is 6.29 Å². The van der Waals surface area contributed by atoms with E-state index in [1.807, 2.05) is 0 Å². The Kier molecular flexibility index (Phi) is 5.92. The molecule has 0 aromatic carbocycles. The van der Waals surface area contributed by atoms with Crippen molar-refractivity contribution < 1.29 is 55.1 Å². The molecular weight excluding hydrogens is 320 g/mol. The summed E-state index contributed by atoms with van der Waals surface area (Å²) in [6.07, 6.45) is -12.2. The van der Waals surface area contributed by atoms with Gasteiger partial charge in [-0.1, -0.05) is 0 Å². The molecule has 0 aliphatic carbocycles. The average molecular weight is 342 g/mol. The number of aliphatic hydroxyl groups excluding tert-OH is 7. The first-order chi connectivity index (χ1) is 10.8. The molecular formula is C12H22O11. The van der Waals surface area contributed by atoms with Gasteiger partial charge in [0.2, 0.25) is 5.79 Å². The van der Waals surface area contributed by atoms with Gasteiger partial charge in [-0.25, -0.2) is 0 Å². The van der Waals surface area contributed by atoms with Crippen LogP contribution in [0.25, 0.3) is 0 Å². The second-order valence-electron chi connectivity index (χ2n) is 5.58. The van der Waals surface area contributed by atoms with Crippen molar-refractivity contribution in [3.63, 3.8) is 0 Å². The molecule has 23 heavy (non-hydrogen) atoms. The lowest BCUT2D eigenvalue weighted by molar-refractivity contribution is -0.318. The largest absolute Gasteiger partial charge is 0.394 e. The zero-order valence-electron chi connectivity index (χ0n) is 12.0. The number of aliphatic hydroxyl groups is 8. The van der Waals surface area contributed by atoms with Crippen molar-refractivity contribution in [2.45, 2.75) is 54.8 Å². The van der Waals surface area contributed by atoms with Gasteiger partial charge >= 0.3 is 0 Å². The van der Waals surface area contributed by atoms with Gasteiger partial charge in [0, 0.05) is 0 Å². The van der Waals surface area contributed by atoms with Crippen molar-refractivity contribution >= 4 is 0 Å². The minimum absolute atomic E-state index is 0.668. The molecule has 0 spiro atoms. The Bertz CT molecular complexity index is 393. The molecule has 9 atom stereocenters. The third-order valence-electron chi connectivity index (χ3n) is 4.04. The molecule has 2 aliphatic heterocycles. The minimum Gasteiger partial charge on any atom is -0.394 e. The van der Waals surface area contributed by atoms with Gasteiger partial charge in [-0.05, 0) is 0 Å². The lowest BCUT2D eigenvalue weighted by atomic mass is 9.99. The van der Waals surface area contributed by atoms with Gasteiger partial charge in [-0.15, -0.1) is 0 Å². The summed E-state index contributed by atoms with van der Waals surface area (Å²) < 4.78 is 15.3. The highest BCUT2D eigenvalue weighted by atomic mass is 16.7. The zero-order chi connectivity index (χ0) is 17.4. The van der Waals surface area contributed by atoms with Crippen LogP contribution in [0, 0.1) is 0 Å². The van der Waals surface area contributed by atoms with Gasteiger partial charge in [0.1, 0.15) is 42.7 Å². The van der Waals surface area contributed by atoms with E-state index < -0.39 is 74.6 Å². The summed E-state index contributed by atoms with van der Waals surface area (Å²) in [5.41, 5.74) is 0. The first-order valence-electron chi connectivity index (χ1n) is 7.05. The van der Waals surface area contributed by atoms with Gasteiger partial charge in [-0.2, -0.15) is 0 Å². The second-order valence-corrected chi connectivity index (χ2v) is 5.58. The zero-order valence-corrected chi connectivity index (χ0v) is 12.0. The van der Waals surface area contributed by atoms with Crippen LogP contribution < -0.4 is 0 Å². The summed E-state index contributed by atoms with van der Waals surface area (Å²) in [6, 6.07) is 0. The van der Waals surface area contributed by atoms with Crippen molar-refractivity contribution in [1.29, 1.82) is 0 Å². The van der Waals surface area contributed by atoms with Crippen LogP contribution in [0.5, 0.6) is 0 Å². The molecule has 11 heteroatoms. The highest BCUT2D eigenvalue weighted by Gasteiger charge is 2.56. The molecule has 2 heterocycles. The predicted molar refractivity (Wildman–Crippen MR) is 68.6 cm³/mol. The Hall–Kier alpha value is -0.440. The molecule has 0 unspecified atom stereocenters. The molecule has 2 saturated heterocycles. The number of hydrogen-bond acceptors (Lipinski definition) is 11. The van der Waals surface area contributed by atoms with Crippen LogP contribution in [0.4, 0.5) is 0 Å². The van der Waals surface area contributed by atoms with Crippen molar-refractivity contribution in [2.24, 2.45) is 0 Å². The molecule has 2 fully saturated rings. The predicted octanol–water partition coefficient (Wildman–Crippen LogP) is -5.40. The van der Waals surface area contributed by atoms with E-state index in [4.69, 9.17) is 24.4 Å². The van der Waals surface area contributed by atoms with Gasteiger partial charge in [0.05, 0.1) is 19.8 Å². The van der Waals surface area contributed by atoms with E-state index in [1.165, 1.54) is 0 Å². The van der Waals surface area contributed by atoms with E-state index in [1.54, 1.807) is 0 Å². The first-order valence-corrected chi connectivity index (χ1v) is 7.05. The Morgan fingerprint density at radius 2 is 1.48 bits per heavy atom. The summed E-state index contributed by atoms with van der Waals surface area (Å²) in [5.74, 6) is -2.37. The molecule has 2 rings (SSSR count). The topological polar surface area (TPSA) is 190 Å². The lowest BCUT2D eigenvalue weighted by Gasteiger charge is -2.41. The fourth-order valence-electron chi connectivity index (χ4n) is 2.63. The fourth-order valence-corrected chi connectivity index (χ4v) is 2.63. The molecule has 0 amide bonds. The lowest BCUT2D eigenvalue weighted by Crippen LogP contribution is -2.60. The molecule has 0 aromatic heterocycles. The summed E-state index contributed by atoms with van der Waals surface area (Å²) in [7, 11) is 0. The molecule has 2 aliphatic rings. The highest BCUT2D eigenvalue weighted by Crippen LogP contribution is 2.33. The second kappa shape index (κ2) is 7.21. The molecule has 11 nitrogen and oxygen atoms in total. The Morgan fingerprint density at radius 1 is 0.870 bits per heavy atom. The fraction of sp³-hybridized carbons (Fsp3) is 1.00. The molecule has 0 aromatic rings. The summed E-state index contributed by atoms with van der Waals surface area (Å²) in [4.78, 5) is 0. The van der Waals surface area contributed by atoms with E-state index in [0.29, 0.717) is 0 Å². The van der Waals surface area contributed by atoms with Gasteiger partial charge in [0.25, 0.3) is 0 Å². The van der Waals surface area contributed by atoms with E-state index in [2.05, 4.69) is 0 Å². The van der Waals surface area contributed by atoms with Crippen molar-refractivity contribution in [2.75, 3.05) is 19.8 Å². The van der Waals surface area contributed by atoms with Crippen LogP contribution in [-0.4, -0.2) is 115 Å². The first kappa shape index (κ1) is 18.9. The van der Waals surface area contributed by atoms with E-state index in [0.717, 1.165) is 0 Å². The molecule has 0 bridgehead atoms. The SMILES string of the molecule is OC[C@@H]1O[C@@H](O[C@@H]2[C@@H](CO)O[C@@](O)(CO)[C@H]2O)[C@@H](O)[C@H](O)[C@@H]1O. The summed E-state index contributed by atoms with van der Waals surface area (Å²) in [6.45, 7) is -2.32. The Labute approximate surface area is 130 Å². The maximum absolute atomic E-state index is 10.00. The van der Waals surface area contributed by atoms with Crippen LogP contribution in [0.1, 0.15) is 0 Å². The molecule has 8 N–H and O–H groups in total. The molecule has 136 valence electrons. The minimum atomic E-state index is -2.37. The normalized spacial score (nSPS) is 51.1. The van der Waals surface area contributed by atoms with E-state index in [-0.39, 0.29) is 0 Å². The third-order valence-corrected chi connectivity index (χ3v) is 4.04. The monoisotopic (exact) mass is 342 g/mol. The van der Waals surface area contributed by atoms with Crippen LogP contribution >= 0.6 is 0 Å². The van der Waals surface area contributed by atoms with E-state index >= 15 is 0 Å². The van der Waals surface area contributed by atoms with Crippen molar-refractivity contribution in [3.8, 4) is 0 Å². The Balaban J connectivity index is 2.13. The third kappa shape index (κ3) is 3.36. The summed E-state index contributed by atoms with van der Waals surface area (Å²) >= 11 is 0. The standard InChI is InChI=1S/C12H22O11/c13-1-4-6(16)7(17)8(18)11(21-4)22-9-5(2-14)23-12(20,3-15)10(9)19/h4-11,13-20H,1-3H2/t4-,5+,6+,7+,8-,9+,10-,11-,12-/m0/s1. The van der Waals surface area contributed by atoms with Crippen molar-refractivity contribution in [1.82, 2.24) is 0 Å². The smallest absolute Gasteiger partial charge is 0.219 e. The van der Waals surface area contributed by atoms with Crippen LogP contribution in [0.2, 0.25) is 0 Å². The van der Waals surface area contributed by atoms with Crippen molar-refractivity contribution in [3.05, 3.63) is 0 Å². The number of ether oxygens (including phenoxy) is 3. The number of hydrogen-bond donors (Lipinski definition) is 8. The van der Waals surface area contributed by atoms with Crippen LogP contribution in [-0.2, 0) is 14.2 Å². The van der Waals surface area contributed by atoms with Gasteiger partial charge < -0.3 is 55.1 Å². The quantitative estimate of drug-likeness (QED) is 0.238. The average Bonchev–Trinajstić information content (AvgIpc) is 2.80. The number of rotatable bonds is 5. The van der Waals surface area contributed by atoms with E-state index in [9.17, 15) is 30.6 Å².